The molecule has 18 heavy (non-hydrogen) atoms. The first-order valence-corrected chi connectivity index (χ1v) is 6.30. The Hall–Kier alpha value is -1.40. The molecule has 1 rings (SSSR count). The zero-order valence-corrected chi connectivity index (χ0v) is 11.7. The number of nitrogens with zero attached hydrogens (tertiary/aromatic N) is 3. The van der Waals surface area contributed by atoms with Crippen molar-refractivity contribution < 1.29 is 0 Å². The van der Waals surface area contributed by atoms with E-state index in [0.29, 0.717) is 11.9 Å². The molecule has 0 saturated heterocycles. The minimum atomic E-state index is 0.434. The molecule has 0 aromatic carbocycles. The van der Waals surface area contributed by atoms with E-state index in [0.717, 1.165) is 30.8 Å². The van der Waals surface area contributed by atoms with Crippen LogP contribution in [-0.2, 0) is 6.42 Å². The molecule has 0 aliphatic rings. The van der Waals surface area contributed by atoms with E-state index < -0.39 is 0 Å². The summed E-state index contributed by atoms with van der Waals surface area (Å²) in [5.74, 6) is 7.05. The van der Waals surface area contributed by atoms with E-state index >= 15 is 0 Å². The van der Waals surface area contributed by atoms with E-state index in [1.807, 2.05) is 0 Å². The van der Waals surface area contributed by atoms with Gasteiger partial charge < -0.3 is 15.6 Å². The number of nitrogens with one attached hydrogen (secondary N) is 2. The Balaban J connectivity index is 2.80. The molecule has 102 valence electrons. The lowest BCUT2D eigenvalue weighted by atomic mass is 10.1. The number of aromatic nitrogens is 2. The average molecular weight is 252 g/mol. The first-order chi connectivity index (χ1) is 8.60. The SMILES string of the molecule is CCCc1c(NN)ncnc1NCC(C)N(C)C. The van der Waals surface area contributed by atoms with Crippen molar-refractivity contribution in [2.45, 2.75) is 32.7 Å². The molecular weight excluding hydrogens is 228 g/mol. The highest BCUT2D eigenvalue weighted by Crippen LogP contribution is 2.20. The van der Waals surface area contributed by atoms with Gasteiger partial charge in [-0.1, -0.05) is 13.3 Å². The molecule has 1 heterocycles. The van der Waals surface area contributed by atoms with Crippen LogP contribution < -0.4 is 16.6 Å². The largest absolute Gasteiger partial charge is 0.368 e. The second-order valence-corrected chi connectivity index (χ2v) is 4.64. The normalized spacial score (nSPS) is 12.6. The average Bonchev–Trinajstić information content (AvgIpc) is 2.37. The summed E-state index contributed by atoms with van der Waals surface area (Å²) in [5.41, 5.74) is 3.68. The van der Waals surface area contributed by atoms with E-state index in [9.17, 15) is 0 Å². The van der Waals surface area contributed by atoms with Gasteiger partial charge in [-0.3, -0.25) is 0 Å². The van der Waals surface area contributed by atoms with Gasteiger partial charge in [0.25, 0.3) is 0 Å². The maximum Gasteiger partial charge on any atom is 0.148 e. The van der Waals surface area contributed by atoms with Crippen LogP contribution in [0.15, 0.2) is 6.33 Å². The zero-order chi connectivity index (χ0) is 13.5. The summed E-state index contributed by atoms with van der Waals surface area (Å²) in [4.78, 5) is 10.6. The fourth-order valence-electron chi connectivity index (χ4n) is 1.60. The van der Waals surface area contributed by atoms with Gasteiger partial charge in [-0.25, -0.2) is 15.8 Å². The Morgan fingerprint density at radius 3 is 2.56 bits per heavy atom. The summed E-state index contributed by atoms with van der Waals surface area (Å²) in [6.07, 6.45) is 3.45. The van der Waals surface area contributed by atoms with Crippen LogP contribution in [-0.4, -0.2) is 41.5 Å². The molecule has 0 aliphatic heterocycles. The third kappa shape index (κ3) is 3.82. The number of nitrogen functional groups attached to an aromatic ring is 1. The highest BCUT2D eigenvalue weighted by atomic mass is 15.3. The van der Waals surface area contributed by atoms with Gasteiger partial charge in [0.2, 0.25) is 0 Å². The van der Waals surface area contributed by atoms with E-state index in [4.69, 9.17) is 5.84 Å². The number of rotatable bonds is 7. The molecule has 1 aromatic heterocycles. The summed E-state index contributed by atoms with van der Waals surface area (Å²) in [6.45, 7) is 5.13. The van der Waals surface area contributed by atoms with Gasteiger partial charge in [0.1, 0.15) is 18.0 Å². The van der Waals surface area contributed by atoms with E-state index in [1.165, 1.54) is 6.33 Å². The predicted molar refractivity (Wildman–Crippen MR) is 75.5 cm³/mol. The number of hydrogen-bond acceptors (Lipinski definition) is 6. The van der Waals surface area contributed by atoms with Gasteiger partial charge in [-0.2, -0.15) is 0 Å². The monoisotopic (exact) mass is 252 g/mol. The maximum absolute atomic E-state index is 5.48. The van der Waals surface area contributed by atoms with Crippen LogP contribution in [0, 0.1) is 0 Å². The lowest BCUT2D eigenvalue weighted by molar-refractivity contribution is 0.326. The second-order valence-electron chi connectivity index (χ2n) is 4.64. The molecule has 6 nitrogen and oxygen atoms in total. The summed E-state index contributed by atoms with van der Waals surface area (Å²) >= 11 is 0. The molecule has 4 N–H and O–H groups in total. The highest BCUT2D eigenvalue weighted by molar-refractivity contribution is 5.56. The van der Waals surface area contributed by atoms with Crippen LogP contribution in [0.5, 0.6) is 0 Å². The minimum Gasteiger partial charge on any atom is -0.368 e. The smallest absolute Gasteiger partial charge is 0.148 e. The van der Waals surface area contributed by atoms with Crippen LogP contribution in [0.1, 0.15) is 25.8 Å². The van der Waals surface area contributed by atoms with Crippen molar-refractivity contribution in [1.29, 1.82) is 0 Å². The Morgan fingerprint density at radius 2 is 2.00 bits per heavy atom. The molecule has 6 heteroatoms. The van der Waals surface area contributed by atoms with Crippen molar-refractivity contribution in [3.8, 4) is 0 Å². The van der Waals surface area contributed by atoms with Crippen molar-refractivity contribution in [3.05, 3.63) is 11.9 Å². The first-order valence-electron chi connectivity index (χ1n) is 6.30. The lowest BCUT2D eigenvalue weighted by Crippen LogP contribution is -2.32. The highest BCUT2D eigenvalue weighted by Gasteiger charge is 2.11. The van der Waals surface area contributed by atoms with Crippen LogP contribution in [0.25, 0.3) is 0 Å². The molecular formula is C12H24N6. The molecule has 1 unspecified atom stereocenters. The van der Waals surface area contributed by atoms with Crippen LogP contribution in [0.4, 0.5) is 11.6 Å². The predicted octanol–water partition coefficient (Wildman–Crippen LogP) is 1.08. The van der Waals surface area contributed by atoms with Crippen molar-refractivity contribution in [2.24, 2.45) is 5.84 Å². The number of anilines is 2. The number of hydrazine groups is 1. The standard InChI is InChI=1S/C12H24N6/c1-5-6-10-11(14-7-9(2)18(3)4)15-8-16-12(10)17-13/h8-9H,5-7,13H2,1-4H3,(H2,14,15,16,17). The molecule has 0 bridgehead atoms. The fourth-order valence-corrected chi connectivity index (χ4v) is 1.60. The molecule has 0 saturated carbocycles. The van der Waals surface area contributed by atoms with Gasteiger partial charge in [0.05, 0.1) is 0 Å². The molecule has 0 spiro atoms. The third-order valence-electron chi connectivity index (χ3n) is 3.03. The van der Waals surface area contributed by atoms with Crippen LogP contribution >= 0.6 is 0 Å². The second kappa shape index (κ2) is 7.13. The van der Waals surface area contributed by atoms with E-state index in [1.54, 1.807) is 0 Å². The van der Waals surface area contributed by atoms with Crippen LogP contribution in [0.2, 0.25) is 0 Å². The number of nitrogens with two attached hydrogens (primary N) is 1. The molecule has 1 atom stereocenters. The fraction of sp³-hybridized carbons (Fsp3) is 0.667. The van der Waals surface area contributed by atoms with E-state index in [2.05, 4.69) is 53.6 Å². The van der Waals surface area contributed by atoms with Crippen molar-refractivity contribution in [3.63, 3.8) is 0 Å². The minimum absolute atomic E-state index is 0.434. The quantitative estimate of drug-likeness (QED) is 0.498. The van der Waals surface area contributed by atoms with Crippen molar-refractivity contribution in [1.82, 2.24) is 14.9 Å². The summed E-state index contributed by atoms with van der Waals surface area (Å²) in [5, 5.41) is 3.37. The molecule has 0 aliphatic carbocycles. The van der Waals surface area contributed by atoms with Gasteiger partial charge in [-0.05, 0) is 27.4 Å². The molecule has 0 fully saturated rings. The first kappa shape index (κ1) is 14.7. The Bertz CT molecular complexity index is 366. The maximum atomic E-state index is 5.48. The number of likely N-dealkylation sites (N-methyl/N-ethyl adjacent to an activating group) is 1. The van der Waals surface area contributed by atoms with E-state index in [-0.39, 0.29) is 0 Å². The Morgan fingerprint density at radius 1 is 1.33 bits per heavy atom. The third-order valence-corrected chi connectivity index (χ3v) is 3.03. The number of hydrogen-bond donors (Lipinski definition) is 3. The molecule has 0 amide bonds. The molecule has 1 aromatic rings. The topological polar surface area (TPSA) is 79.1 Å². The van der Waals surface area contributed by atoms with Gasteiger partial charge in [0.15, 0.2) is 0 Å². The van der Waals surface area contributed by atoms with Crippen LogP contribution in [0.3, 0.4) is 0 Å². The summed E-state index contributed by atoms with van der Waals surface area (Å²) in [7, 11) is 4.12. The van der Waals surface area contributed by atoms with Gasteiger partial charge in [-0.15, -0.1) is 0 Å². The summed E-state index contributed by atoms with van der Waals surface area (Å²) in [6, 6.07) is 0.434. The summed E-state index contributed by atoms with van der Waals surface area (Å²) < 4.78 is 0. The Labute approximate surface area is 109 Å². The Kier molecular flexibility index (Phi) is 5.80. The van der Waals surface area contributed by atoms with Crippen molar-refractivity contribution >= 4 is 11.6 Å². The van der Waals surface area contributed by atoms with Crippen molar-refractivity contribution in [2.75, 3.05) is 31.4 Å². The zero-order valence-electron chi connectivity index (χ0n) is 11.7. The van der Waals surface area contributed by atoms with Gasteiger partial charge >= 0.3 is 0 Å². The lowest BCUT2D eigenvalue weighted by Gasteiger charge is -2.21. The van der Waals surface area contributed by atoms with Gasteiger partial charge in [0, 0.05) is 18.2 Å². The molecule has 0 radical (unpaired) electrons.